The van der Waals surface area contributed by atoms with Gasteiger partial charge in [-0.2, -0.15) is 0 Å². The van der Waals surface area contributed by atoms with Crippen LogP contribution in [0.3, 0.4) is 0 Å². The highest BCUT2D eigenvalue weighted by molar-refractivity contribution is 5.95. The standard InChI is InChI=1S/C24H25N3O3.C2H6/c1-2-30-23(28)17-26-22(15-18-7-4-3-5-8-18)24(29)27-21-10-6-9-20(16-21)19-11-13-25-14-12-19;1-2/h3-14,16,22,26H,2,15,17H2,1H3,(H,27,29);1-2H3. The molecule has 0 aliphatic heterocycles. The fraction of sp³-hybridized carbons (Fsp3) is 0.269. The number of nitrogens with one attached hydrogen (secondary N) is 2. The molecule has 0 saturated carbocycles. The van der Waals surface area contributed by atoms with Crippen molar-refractivity contribution in [2.45, 2.75) is 33.2 Å². The topological polar surface area (TPSA) is 80.3 Å². The molecule has 3 rings (SSSR count). The van der Waals surface area contributed by atoms with Crippen molar-refractivity contribution in [2.24, 2.45) is 0 Å². The van der Waals surface area contributed by atoms with E-state index in [1.165, 1.54) is 0 Å². The molecule has 2 N–H and O–H groups in total. The van der Waals surface area contributed by atoms with E-state index in [1.54, 1.807) is 19.3 Å². The van der Waals surface area contributed by atoms with Crippen molar-refractivity contribution in [3.8, 4) is 11.1 Å². The largest absolute Gasteiger partial charge is 0.465 e. The van der Waals surface area contributed by atoms with Crippen LogP contribution in [0.15, 0.2) is 79.1 Å². The summed E-state index contributed by atoms with van der Waals surface area (Å²) in [7, 11) is 0. The highest BCUT2D eigenvalue weighted by Gasteiger charge is 2.20. The van der Waals surface area contributed by atoms with E-state index >= 15 is 0 Å². The van der Waals surface area contributed by atoms with E-state index < -0.39 is 6.04 Å². The molecular formula is C26H31N3O3. The van der Waals surface area contributed by atoms with Crippen LogP contribution in [-0.4, -0.2) is 36.1 Å². The first-order valence-corrected chi connectivity index (χ1v) is 10.9. The fourth-order valence-corrected chi connectivity index (χ4v) is 3.08. The Morgan fingerprint density at radius 1 is 0.938 bits per heavy atom. The van der Waals surface area contributed by atoms with Gasteiger partial charge in [0.15, 0.2) is 0 Å². The predicted molar refractivity (Wildman–Crippen MR) is 128 cm³/mol. The number of ether oxygens (including phenoxy) is 1. The average molecular weight is 434 g/mol. The van der Waals surface area contributed by atoms with Gasteiger partial charge in [-0.05, 0) is 54.3 Å². The molecule has 0 bridgehead atoms. The molecule has 1 amide bonds. The molecule has 0 saturated heterocycles. The van der Waals surface area contributed by atoms with Gasteiger partial charge in [0.05, 0.1) is 19.2 Å². The minimum Gasteiger partial charge on any atom is -0.465 e. The highest BCUT2D eigenvalue weighted by atomic mass is 16.5. The van der Waals surface area contributed by atoms with Crippen molar-refractivity contribution < 1.29 is 14.3 Å². The number of benzene rings is 2. The van der Waals surface area contributed by atoms with E-state index in [-0.39, 0.29) is 18.4 Å². The Labute approximate surface area is 190 Å². The van der Waals surface area contributed by atoms with Crippen LogP contribution < -0.4 is 10.6 Å². The second-order valence-corrected chi connectivity index (χ2v) is 6.73. The minimum atomic E-state index is -0.582. The predicted octanol–water partition coefficient (Wildman–Crippen LogP) is 4.48. The summed E-state index contributed by atoms with van der Waals surface area (Å²) in [4.78, 5) is 28.8. The van der Waals surface area contributed by atoms with Crippen LogP contribution in [0, 0.1) is 0 Å². The van der Waals surface area contributed by atoms with E-state index in [2.05, 4.69) is 15.6 Å². The molecule has 0 fully saturated rings. The monoisotopic (exact) mass is 433 g/mol. The third-order valence-corrected chi connectivity index (χ3v) is 4.54. The molecule has 0 aliphatic carbocycles. The van der Waals surface area contributed by atoms with E-state index in [0.717, 1.165) is 16.7 Å². The second-order valence-electron chi connectivity index (χ2n) is 6.73. The molecule has 0 spiro atoms. The first-order valence-electron chi connectivity index (χ1n) is 10.9. The summed E-state index contributed by atoms with van der Waals surface area (Å²) in [5, 5.41) is 5.98. The molecule has 3 aromatic rings. The van der Waals surface area contributed by atoms with E-state index in [0.29, 0.717) is 18.7 Å². The number of amides is 1. The molecular weight excluding hydrogens is 402 g/mol. The molecule has 32 heavy (non-hydrogen) atoms. The van der Waals surface area contributed by atoms with Crippen molar-refractivity contribution in [3.63, 3.8) is 0 Å². The Hall–Kier alpha value is -3.51. The first kappa shape index (κ1) is 24.8. The zero-order valence-corrected chi connectivity index (χ0v) is 18.9. The molecule has 0 radical (unpaired) electrons. The van der Waals surface area contributed by atoms with Gasteiger partial charge in [-0.3, -0.25) is 19.9 Å². The van der Waals surface area contributed by atoms with E-state index in [1.807, 2.05) is 80.6 Å². The number of hydrogen-bond donors (Lipinski definition) is 2. The second kappa shape index (κ2) is 13.7. The van der Waals surface area contributed by atoms with Gasteiger partial charge in [-0.1, -0.05) is 56.3 Å². The maximum absolute atomic E-state index is 13.0. The van der Waals surface area contributed by atoms with E-state index in [4.69, 9.17) is 4.74 Å². The molecule has 168 valence electrons. The number of pyridine rings is 1. The Morgan fingerprint density at radius 3 is 2.34 bits per heavy atom. The zero-order chi connectivity index (χ0) is 23.2. The minimum absolute atomic E-state index is 0.0319. The molecule has 2 aromatic carbocycles. The maximum Gasteiger partial charge on any atom is 0.319 e. The number of anilines is 1. The summed E-state index contributed by atoms with van der Waals surface area (Å²) < 4.78 is 4.97. The third kappa shape index (κ3) is 7.96. The zero-order valence-electron chi connectivity index (χ0n) is 18.9. The summed E-state index contributed by atoms with van der Waals surface area (Å²) in [6.07, 6.45) is 3.92. The van der Waals surface area contributed by atoms with Crippen LogP contribution in [0.2, 0.25) is 0 Å². The summed E-state index contributed by atoms with van der Waals surface area (Å²) >= 11 is 0. The van der Waals surface area contributed by atoms with Crippen LogP contribution in [0.1, 0.15) is 26.3 Å². The number of rotatable bonds is 9. The van der Waals surface area contributed by atoms with Gasteiger partial charge < -0.3 is 10.1 Å². The third-order valence-electron chi connectivity index (χ3n) is 4.54. The molecule has 1 aromatic heterocycles. The Bertz CT molecular complexity index is 962. The number of nitrogens with zero attached hydrogens (tertiary/aromatic N) is 1. The fourth-order valence-electron chi connectivity index (χ4n) is 3.08. The molecule has 1 atom stereocenters. The Morgan fingerprint density at radius 2 is 1.66 bits per heavy atom. The van der Waals surface area contributed by atoms with Crippen molar-refractivity contribution in [1.82, 2.24) is 10.3 Å². The van der Waals surface area contributed by atoms with Crippen molar-refractivity contribution in [1.29, 1.82) is 0 Å². The quantitative estimate of drug-likeness (QED) is 0.487. The number of esters is 1. The SMILES string of the molecule is CC.CCOC(=O)CNC(Cc1ccccc1)C(=O)Nc1cccc(-c2ccncc2)c1. The summed E-state index contributed by atoms with van der Waals surface area (Å²) in [5.74, 6) is -0.599. The van der Waals surface area contributed by atoms with Crippen molar-refractivity contribution >= 4 is 17.6 Å². The molecule has 1 heterocycles. The van der Waals surface area contributed by atoms with Crippen molar-refractivity contribution in [3.05, 3.63) is 84.7 Å². The first-order chi connectivity index (χ1) is 15.7. The summed E-state index contributed by atoms with van der Waals surface area (Å²) in [6.45, 7) is 6.02. The average Bonchev–Trinajstić information content (AvgIpc) is 2.84. The lowest BCUT2D eigenvalue weighted by Crippen LogP contribution is -2.44. The van der Waals surface area contributed by atoms with Gasteiger partial charge in [0.2, 0.25) is 5.91 Å². The van der Waals surface area contributed by atoms with Gasteiger partial charge in [-0.25, -0.2) is 0 Å². The lowest BCUT2D eigenvalue weighted by atomic mass is 10.0. The number of carbonyl (C=O) groups excluding carboxylic acids is 2. The highest BCUT2D eigenvalue weighted by Crippen LogP contribution is 2.22. The van der Waals surface area contributed by atoms with Gasteiger partial charge in [-0.15, -0.1) is 0 Å². The molecule has 6 heteroatoms. The summed E-state index contributed by atoms with van der Waals surface area (Å²) in [5.41, 5.74) is 3.68. The Kier molecular flexibility index (Phi) is 10.6. The van der Waals surface area contributed by atoms with Gasteiger partial charge in [0.25, 0.3) is 0 Å². The van der Waals surface area contributed by atoms with Gasteiger partial charge >= 0.3 is 5.97 Å². The lowest BCUT2D eigenvalue weighted by Gasteiger charge is -2.18. The molecule has 0 aliphatic rings. The number of hydrogen-bond acceptors (Lipinski definition) is 5. The normalized spacial score (nSPS) is 11.0. The molecule has 1 unspecified atom stereocenters. The van der Waals surface area contributed by atoms with Crippen LogP contribution in [0.5, 0.6) is 0 Å². The van der Waals surface area contributed by atoms with Crippen LogP contribution in [0.4, 0.5) is 5.69 Å². The number of aromatic nitrogens is 1. The maximum atomic E-state index is 13.0. The van der Waals surface area contributed by atoms with Crippen LogP contribution in [-0.2, 0) is 20.7 Å². The van der Waals surface area contributed by atoms with Gasteiger partial charge in [0.1, 0.15) is 0 Å². The van der Waals surface area contributed by atoms with Crippen LogP contribution in [0.25, 0.3) is 11.1 Å². The van der Waals surface area contributed by atoms with Crippen LogP contribution >= 0.6 is 0 Å². The van der Waals surface area contributed by atoms with Crippen molar-refractivity contribution in [2.75, 3.05) is 18.5 Å². The van der Waals surface area contributed by atoms with Gasteiger partial charge in [0, 0.05) is 18.1 Å². The Balaban J connectivity index is 0.00000176. The summed E-state index contributed by atoms with van der Waals surface area (Å²) in [6, 6.07) is 20.6. The van der Waals surface area contributed by atoms with E-state index in [9.17, 15) is 9.59 Å². The number of carbonyl (C=O) groups is 2. The smallest absolute Gasteiger partial charge is 0.319 e. The lowest BCUT2D eigenvalue weighted by molar-refractivity contribution is -0.142. The molecule has 6 nitrogen and oxygen atoms in total.